The van der Waals surface area contributed by atoms with Crippen molar-refractivity contribution < 1.29 is 18.1 Å². The highest BCUT2D eigenvalue weighted by atomic mass is 19.4. The van der Waals surface area contributed by atoms with Crippen molar-refractivity contribution in [1.82, 2.24) is 9.55 Å². The van der Waals surface area contributed by atoms with Crippen LogP contribution in [0.1, 0.15) is 17.0 Å². The SMILES string of the molecule is N#Cc1ccc(-c2ccc3c(c2)nc(C(F)(F)F)n3Cc2ccc([N+](=O)[O-])cc2)cc1. The van der Waals surface area contributed by atoms with Gasteiger partial charge in [0.2, 0.25) is 5.82 Å². The van der Waals surface area contributed by atoms with Gasteiger partial charge in [-0.25, -0.2) is 4.98 Å². The van der Waals surface area contributed by atoms with E-state index in [1.165, 1.54) is 24.3 Å². The Labute approximate surface area is 174 Å². The molecule has 0 bridgehead atoms. The monoisotopic (exact) mass is 422 g/mol. The molecule has 0 atom stereocenters. The molecule has 1 aromatic heterocycles. The van der Waals surface area contributed by atoms with E-state index < -0.39 is 16.9 Å². The lowest BCUT2D eigenvalue weighted by Crippen LogP contribution is -2.15. The summed E-state index contributed by atoms with van der Waals surface area (Å²) in [5, 5.41) is 19.7. The van der Waals surface area contributed by atoms with E-state index in [0.29, 0.717) is 22.2 Å². The van der Waals surface area contributed by atoms with E-state index in [4.69, 9.17) is 5.26 Å². The van der Waals surface area contributed by atoms with Gasteiger partial charge in [-0.1, -0.05) is 30.3 Å². The zero-order valence-corrected chi connectivity index (χ0v) is 15.8. The lowest BCUT2D eigenvalue weighted by Gasteiger charge is -2.11. The molecule has 0 N–H and O–H groups in total. The van der Waals surface area contributed by atoms with E-state index in [2.05, 4.69) is 4.98 Å². The average Bonchev–Trinajstić information content (AvgIpc) is 3.12. The second kappa shape index (κ2) is 7.57. The number of fused-ring (bicyclic) bond motifs is 1. The Hall–Kier alpha value is -4.19. The molecule has 0 aliphatic heterocycles. The molecule has 1 heterocycles. The third kappa shape index (κ3) is 3.96. The number of non-ortho nitro benzene ring substituents is 1. The largest absolute Gasteiger partial charge is 0.449 e. The molecule has 4 rings (SSSR count). The number of aromatic nitrogens is 2. The van der Waals surface area contributed by atoms with Crippen molar-refractivity contribution in [1.29, 1.82) is 5.26 Å². The predicted molar refractivity (Wildman–Crippen MR) is 107 cm³/mol. The van der Waals surface area contributed by atoms with Crippen molar-refractivity contribution in [2.45, 2.75) is 12.7 Å². The molecule has 0 saturated carbocycles. The fraction of sp³-hybridized carbons (Fsp3) is 0.0909. The number of alkyl halides is 3. The minimum absolute atomic E-state index is 0.137. The van der Waals surface area contributed by atoms with E-state index in [9.17, 15) is 23.3 Å². The van der Waals surface area contributed by atoms with Gasteiger partial charge in [0.05, 0.1) is 27.6 Å². The Kier molecular flexibility index (Phi) is 4.91. The van der Waals surface area contributed by atoms with Gasteiger partial charge < -0.3 is 4.57 Å². The van der Waals surface area contributed by atoms with Crippen LogP contribution in [0.4, 0.5) is 18.9 Å². The van der Waals surface area contributed by atoms with Gasteiger partial charge in [0.15, 0.2) is 0 Å². The van der Waals surface area contributed by atoms with Crippen LogP contribution in [-0.2, 0) is 12.7 Å². The van der Waals surface area contributed by atoms with Crippen LogP contribution in [0.3, 0.4) is 0 Å². The third-order valence-corrected chi connectivity index (χ3v) is 4.84. The van der Waals surface area contributed by atoms with Crippen LogP contribution in [0.5, 0.6) is 0 Å². The van der Waals surface area contributed by atoms with Gasteiger partial charge in [-0.2, -0.15) is 18.4 Å². The number of benzene rings is 3. The van der Waals surface area contributed by atoms with Crippen LogP contribution < -0.4 is 0 Å². The predicted octanol–water partition coefficient (Wildman–Crippen LogP) is 5.55. The van der Waals surface area contributed by atoms with Crippen LogP contribution >= 0.6 is 0 Å². The zero-order valence-electron chi connectivity index (χ0n) is 15.8. The van der Waals surface area contributed by atoms with E-state index in [0.717, 1.165) is 10.1 Å². The Morgan fingerprint density at radius 3 is 2.23 bits per heavy atom. The maximum Gasteiger partial charge on any atom is 0.449 e. The highest BCUT2D eigenvalue weighted by Gasteiger charge is 2.37. The number of imidazole rings is 1. The molecule has 0 radical (unpaired) electrons. The molecular formula is C22H13F3N4O2. The van der Waals surface area contributed by atoms with Crippen molar-refractivity contribution in [3.8, 4) is 17.2 Å². The maximum atomic E-state index is 13.7. The molecule has 4 aromatic rings. The number of nitriles is 1. The molecule has 0 amide bonds. The fourth-order valence-electron chi connectivity index (χ4n) is 3.33. The maximum absolute atomic E-state index is 13.7. The van der Waals surface area contributed by atoms with Crippen molar-refractivity contribution >= 4 is 16.7 Å². The van der Waals surface area contributed by atoms with E-state index >= 15 is 0 Å². The summed E-state index contributed by atoms with van der Waals surface area (Å²) in [6.07, 6.45) is -4.67. The molecule has 31 heavy (non-hydrogen) atoms. The van der Waals surface area contributed by atoms with E-state index in [1.54, 1.807) is 42.5 Å². The average molecular weight is 422 g/mol. The summed E-state index contributed by atoms with van der Waals surface area (Å²) in [4.78, 5) is 14.1. The molecule has 0 spiro atoms. The molecular weight excluding hydrogens is 409 g/mol. The molecule has 154 valence electrons. The third-order valence-electron chi connectivity index (χ3n) is 4.84. The zero-order chi connectivity index (χ0) is 22.2. The summed E-state index contributed by atoms with van der Waals surface area (Å²) in [5.41, 5.74) is 2.72. The number of halogens is 3. The molecule has 0 saturated heterocycles. The molecule has 0 fully saturated rings. The number of hydrogen-bond acceptors (Lipinski definition) is 4. The Balaban J connectivity index is 1.78. The summed E-state index contributed by atoms with van der Waals surface area (Å²) in [7, 11) is 0. The van der Waals surface area contributed by atoms with Gasteiger partial charge in [-0.05, 0) is 41.0 Å². The first-order valence-electron chi connectivity index (χ1n) is 9.07. The quantitative estimate of drug-likeness (QED) is 0.319. The second-order valence-electron chi connectivity index (χ2n) is 6.84. The molecule has 6 nitrogen and oxygen atoms in total. The van der Waals surface area contributed by atoms with Crippen LogP contribution in [0, 0.1) is 21.4 Å². The lowest BCUT2D eigenvalue weighted by molar-refractivity contribution is -0.384. The highest BCUT2D eigenvalue weighted by molar-refractivity contribution is 5.83. The summed E-state index contributed by atoms with van der Waals surface area (Å²) in [5.74, 6) is -1.04. The first kappa shape index (κ1) is 20.1. The molecule has 0 unspecified atom stereocenters. The van der Waals surface area contributed by atoms with Crippen molar-refractivity contribution in [2.24, 2.45) is 0 Å². The van der Waals surface area contributed by atoms with E-state index in [1.807, 2.05) is 6.07 Å². The fourth-order valence-corrected chi connectivity index (χ4v) is 3.33. The molecule has 9 heteroatoms. The Morgan fingerprint density at radius 2 is 1.65 bits per heavy atom. The van der Waals surface area contributed by atoms with Crippen LogP contribution in [0.2, 0.25) is 0 Å². The standard InChI is InChI=1S/C22H13F3N4O2/c23-22(24,25)21-27-19-11-17(16-5-1-14(12-26)2-6-16)7-10-20(19)28(21)13-15-3-8-18(9-4-15)29(30)31/h1-11H,13H2. The summed E-state index contributed by atoms with van der Waals surface area (Å²) < 4.78 is 42.0. The first-order valence-corrected chi connectivity index (χ1v) is 9.07. The van der Waals surface area contributed by atoms with Crippen molar-refractivity contribution in [3.05, 3.63) is 93.8 Å². The van der Waals surface area contributed by atoms with Gasteiger partial charge in [-0.15, -0.1) is 0 Å². The van der Waals surface area contributed by atoms with Crippen molar-refractivity contribution in [2.75, 3.05) is 0 Å². The summed E-state index contributed by atoms with van der Waals surface area (Å²) in [6.45, 7) is -0.139. The first-order chi connectivity index (χ1) is 14.8. The number of rotatable bonds is 4. The lowest BCUT2D eigenvalue weighted by atomic mass is 10.0. The van der Waals surface area contributed by atoms with Gasteiger partial charge in [0, 0.05) is 18.7 Å². The van der Waals surface area contributed by atoms with Gasteiger partial charge in [0.25, 0.3) is 5.69 Å². The number of nitro benzene ring substituents is 1. The van der Waals surface area contributed by atoms with Crippen molar-refractivity contribution in [3.63, 3.8) is 0 Å². The Morgan fingerprint density at radius 1 is 1.00 bits per heavy atom. The van der Waals surface area contributed by atoms with Gasteiger partial charge >= 0.3 is 6.18 Å². The number of nitro groups is 1. The molecule has 0 aliphatic carbocycles. The van der Waals surface area contributed by atoms with Crippen LogP contribution in [0.25, 0.3) is 22.2 Å². The van der Waals surface area contributed by atoms with Crippen LogP contribution in [-0.4, -0.2) is 14.5 Å². The Bertz CT molecular complexity index is 1320. The summed E-state index contributed by atoms with van der Waals surface area (Å²) >= 11 is 0. The smallest absolute Gasteiger partial charge is 0.316 e. The van der Waals surface area contributed by atoms with Crippen LogP contribution in [0.15, 0.2) is 66.7 Å². The highest BCUT2D eigenvalue weighted by Crippen LogP contribution is 2.34. The minimum atomic E-state index is -4.67. The molecule has 3 aromatic carbocycles. The summed E-state index contributed by atoms with van der Waals surface area (Å²) in [6, 6.07) is 18.9. The molecule has 0 aliphatic rings. The van der Waals surface area contributed by atoms with Gasteiger partial charge in [0.1, 0.15) is 0 Å². The second-order valence-corrected chi connectivity index (χ2v) is 6.84. The number of nitrogens with zero attached hydrogens (tertiary/aromatic N) is 4. The van der Waals surface area contributed by atoms with Gasteiger partial charge in [-0.3, -0.25) is 10.1 Å². The number of hydrogen-bond donors (Lipinski definition) is 0. The van der Waals surface area contributed by atoms with E-state index in [-0.39, 0.29) is 17.7 Å². The minimum Gasteiger partial charge on any atom is -0.316 e. The normalized spacial score (nSPS) is 11.4. The topological polar surface area (TPSA) is 84.8 Å².